The Kier molecular flexibility index (Phi) is 5.95. The fourth-order valence-electron chi connectivity index (χ4n) is 8.73. The van der Waals surface area contributed by atoms with Crippen molar-refractivity contribution in [3.8, 4) is 0 Å². The molecule has 0 bridgehead atoms. The Morgan fingerprint density at radius 2 is 0.818 bits per heavy atom. The van der Waals surface area contributed by atoms with Gasteiger partial charge in [0.1, 0.15) is 0 Å². The molecular formula is C36H36O8. The van der Waals surface area contributed by atoms with Crippen LogP contribution in [0.3, 0.4) is 0 Å². The van der Waals surface area contributed by atoms with Crippen molar-refractivity contribution in [1.82, 2.24) is 0 Å². The normalized spacial score (nSPS) is 30.9. The number of hydrogen-bond donors (Lipinski definition) is 0. The van der Waals surface area contributed by atoms with E-state index >= 15 is 0 Å². The maximum Gasteiger partial charge on any atom is 0.331 e. The third kappa shape index (κ3) is 3.69. The smallest absolute Gasteiger partial charge is 0.331 e. The standard InChI is InChI=1S/C36H36O8/c1-19-25-23(17-35(19)29(37)41-33(3,4)42-30(35)38)28(22-15-11-8-12-16-22)26-20(2)36(31(39)43-34(5,6)44-32(36)40)18-24(26)27(25)21-13-9-7-10-14-21/h7-16,23-24,27-28H,17-18H2,1-6H3/t23-,24+,27+,28-. The lowest BCUT2D eigenvalue weighted by Gasteiger charge is -2.44. The number of cyclic esters (lactones) is 4. The van der Waals surface area contributed by atoms with Gasteiger partial charge in [-0.05, 0) is 60.8 Å². The van der Waals surface area contributed by atoms with Gasteiger partial charge >= 0.3 is 23.9 Å². The van der Waals surface area contributed by atoms with Crippen LogP contribution >= 0.6 is 0 Å². The minimum atomic E-state index is -1.59. The van der Waals surface area contributed by atoms with Crippen molar-refractivity contribution in [2.45, 2.75) is 77.8 Å². The van der Waals surface area contributed by atoms with E-state index in [0.29, 0.717) is 11.1 Å². The van der Waals surface area contributed by atoms with Crippen LogP contribution in [0.5, 0.6) is 0 Å². The zero-order chi connectivity index (χ0) is 31.4. The van der Waals surface area contributed by atoms with Crippen LogP contribution in [-0.2, 0) is 38.1 Å². The van der Waals surface area contributed by atoms with Crippen LogP contribution in [0.25, 0.3) is 0 Å². The van der Waals surface area contributed by atoms with E-state index in [4.69, 9.17) is 18.9 Å². The molecular weight excluding hydrogens is 560 g/mol. The van der Waals surface area contributed by atoms with Crippen LogP contribution in [-0.4, -0.2) is 35.5 Å². The second kappa shape index (κ2) is 9.16. The van der Waals surface area contributed by atoms with Gasteiger partial charge in [-0.25, -0.2) is 0 Å². The van der Waals surface area contributed by atoms with Crippen LogP contribution in [0.2, 0.25) is 0 Å². The number of hydrogen-bond acceptors (Lipinski definition) is 8. The fourth-order valence-corrected chi connectivity index (χ4v) is 8.73. The molecule has 5 aliphatic rings. The minimum Gasteiger partial charge on any atom is -0.422 e. The molecule has 44 heavy (non-hydrogen) atoms. The lowest BCUT2D eigenvalue weighted by molar-refractivity contribution is -0.249. The van der Waals surface area contributed by atoms with Gasteiger partial charge in [0.25, 0.3) is 11.6 Å². The summed E-state index contributed by atoms with van der Waals surface area (Å²) in [4.78, 5) is 55.6. The molecule has 2 aliphatic heterocycles. The van der Waals surface area contributed by atoms with E-state index in [1.54, 1.807) is 27.7 Å². The minimum absolute atomic E-state index is 0.156. The first-order valence-corrected chi connectivity index (χ1v) is 15.2. The van der Waals surface area contributed by atoms with E-state index in [9.17, 15) is 19.2 Å². The molecule has 0 radical (unpaired) electrons. The predicted octanol–water partition coefficient (Wildman–Crippen LogP) is 5.89. The van der Waals surface area contributed by atoms with Crippen molar-refractivity contribution in [2.24, 2.45) is 22.7 Å². The molecule has 4 atom stereocenters. The SMILES string of the molecule is CC1=C2[C@H](c3ccccc3)[C@@H]3CC4(C(=O)OC(C)(C)OC4=O)C(C)=C3[C@@H](c3ccccc3)[C@H]2CC12C(=O)OC(C)(C)OC2=O. The molecule has 2 heterocycles. The number of carbonyl (C=O) groups is 4. The van der Waals surface area contributed by atoms with Gasteiger partial charge in [-0.3, -0.25) is 19.2 Å². The number of esters is 4. The molecule has 0 N–H and O–H groups in total. The first kappa shape index (κ1) is 28.6. The summed E-state index contributed by atoms with van der Waals surface area (Å²) in [6, 6.07) is 19.8. The second-order valence-electron chi connectivity index (χ2n) is 13.7. The summed E-state index contributed by atoms with van der Waals surface area (Å²) < 4.78 is 23.0. The number of benzene rings is 2. The van der Waals surface area contributed by atoms with Crippen molar-refractivity contribution >= 4 is 23.9 Å². The van der Waals surface area contributed by atoms with Gasteiger partial charge in [-0.2, -0.15) is 0 Å². The second-order valence-corrected chi connectivity index (χ2v) is 13.7. The van der Waals surface area contributed by atoms with Crippen LogP contribution in [0.1, 0.15) is 77.3 Å². The largest absolute Gasteiger partial charge is 0.422 e. The maximum atomic E-state index is 13.9. The van der Waals surface area contributed by atoms with Gasteiger partial charge in [0.2, 0.25) is 0 Å². The highest BCUT2D eigenvalue weighted by atomic mass is 16.8. The molecule has 3 fully saturated rings. The zero-order valence-electron chi connectivity index (χ0n) is 25.8. The van der Waals surface area contributed by atoms with Crippen LogP contribution in [0.15, 0.2) is 83.0 Å². The van der Waals surface area contributed by atoms with E-state index in [2.05, 4.69) is 0 Å². The molecule has 0 amide bonds. The van der Waals surface area contributed by atoms with Crippen molar-refractivity contribution in [3.63, 3.8) is 0 Å². The fraction of sp³-hybridized carbons (Fsp3) is 0.444. The highest BCUT2D eigenvalue weighted by molar-refractivity contribution is 6.07. The quantitative estimate of drug-likeness (QED) is 0.240. The Bertz CT molecular complexity index is 1510. The van der Waals surface area contributed by atoms with Crippen molar-refractivity contribution < 1.29 is 38.1 Å². The number of rotatable bonds is 2. The molecule has 1 saturated carbocycles. The Morgan fingerprint density at radius 3 is 1.11 bits per heavy atom. The molecule has 8 nitrogen and oxygen atoms in total. The molecule has 8 heteroatoms. The molecule has 3 aliphatic carbocycles. The molecule has 2 spiro atoms. The van der Waals surface area contributed by atoms with Crippen molar-refractivity contribution in [1.29, 1.82) is 0 Å². The number of carbonyl (C=O) groups excluding carboxylic acids is 4. The lowest BCUT2D eigenvalue weighted by atomic mass is 9.59. The van der Waals surface area contributed by atoms with Gasteiger partial charge in [-0.15, -0.1) is 0 Å². The summed E-state index contributed by atoms with van der Waals surface area (Å²) in [6.07, 6.45) is 0.312. The topological polar surface area (TPSA) is 105 Å². The van der Waals surface area contributed by atoms with Gasteiger partial charge in [0.05, 0.1) is 0 Å². The predicted molar refractivity (Wildman–Crippen MR) is 157 cm³/mol. The first-order valence-electron chi connectivity index (χ1n) is 15.2. The Morgan fingerprint density at radius 1 is 0.523 bits per heavy atom. The molecule has 0 unspecified atom stereocenters. The van der Waals surface area contributed by atoms with Gasteiger partial charge < -0.3 is 18.9 Å². The van der Waals surface area contributed by atoms with Gasteiger partial charge in [0, 0.05) is 39.5 Å². The molecule has 2 aromatic carbocycles. The van der Waals surface area contributed by atoms with Crippen LogP contribution in [0.4, 0.5) is 0 Å². The highest BCUT2D eigenvalue weighted by Gasteiger charge is 2.69. The zero-order valence-corrected chi connectivity index (χ0v) is 25.8. The average Bonchev–Trinajstić information content (AvgIpc) is 3.43. The summed E-state index contributed by atoms with van der Waals surface area (Å²) >= 11 is 0. The summed E-state index contributed by atoms with van der Waals surface area (Å²) in [5.41, 5.74) is 1.91. The molecule has 0 aromatic heterocycles. The Hall–Kier alpha value is -4.20. The van der Waals surface area contributed by atoms with Gasteiger partial charge in [0.15, 0.2) is 10.8 Å². The van der Waals surface area contributed by atoms with E-state index < -0.39 is 46.3 Å². The summed E-state index contributed by atoms with van der Waals surface area (Å²) in [7, 11) is 0. The van der Waals surface area contributed by atoms with Crippen LogP contribution < -0.4 is 0 Å². The first-order chi connectivity index (χ1) is 20.7. The number of allylic oxidation sites excluding steroid dienone is 2. The summed E-state index contributed by atoms with van der Waals surface area (Å²) in [5.74, 6) is -6.43. The summed E-state index contributed by atoms with van der Waals surface area (Å²) in [6.45, 7) is 9.91. The molecule has 2 aromatic rings. The molecule has 7 rings (SSSR count). The summed E-state index contributed by atoms with van der Waals surface area (Å²) in [5, 5.41) is 0. The molecule has 228 valence electrons. The van der Waals surface area contributed by atoms with E-state index in [-0.39, 0.29) is 36.5 Å². The van der Waals surface area contributed by atoms with Gasteiger partial charge in [-0.1, -0.05) is 71.8 Å². The number of ether oxygens (including phenoxy) is 4. The van der Waals surface area contributed by atoms with E-state index in [1.807, 2.05) is 74.5 Å². The molecule has 2 saturated heterocycles. The third-order valence-electron chi connectivity index (χ3n) is 10.5. The van der Waals surface area contributed by atoms with Crippen LogP contribution in [0, 0.1) is 22.7 Å². The van der Waals surface area contributed by atoms with E-state index in [0.717, 1.165) is 22.3 Å². The van der Waals surface area contributed by atoms with E-state index in [1.165, 1.54) is 0 Å². The highest BCUT2D eigenvalue weighted by Crippen LogP contribution is 2.69. The number of fused-ring (bicyclic) bond motifs is 2. The monoisotopic (exact) mass is 596 g/mol. The average molecular weight is 597 g/mol. The Labute approximate surface area is 256 Å². The van der Waals surface area contributed by atoms with Crippen molar-refractivity contribution in [2.75, 3.05) is 0 Å². The third-order valence-corrected chi connectivity index (χ3v) is 10.5. The Balaban J connectivity index is 1.50. The van der Waals surface area contributed by atoms with Crippen molar-refractivity contribution in [3.05, 3.63) is 94.1 Å². The lowest BCUT2D eigenvalue weighted by Crippen LogP contribution is -2.54. The maximum absolute atomic E-state index is 13.9.